The highest BCUT2D eigenvalue weighted by molar-refractivity contribution is 5.56. The van der Waals surface area contributed by atoms with Gasteiger partial charge in [-0.2, -0.15) is 0 Å². The normalized spacial score (nSPS) is 14.1. The maximum Gasteiger partial charge on any atom is 0.146 e. The van der Waals surface area contributed by atoms with Gasteiger partial charge in [0.15, 0.2) is 0 Å². The molecular weight excluding hydrogens is 251 g/mol. The molecule has 114 valence electrons. The lowest BCUT2D eigenvalue weighted by Gasteiger charge is -2.33. The van der Waals surface area contributed by atoms with Crippen LogP contribution in [0.2, 0.25) is 0 Å². The maximum absolute atomic E-state index is 14.4. The molecule has 0 aliphatic heterocycles. The van der Waals surface area contributed by atoms with Crippen LogP contribution >= 0.6 is 0 Å². The van der Waals surface area contributed by atoms with E-state index in [4.69, 9.17) is 0 Å². The molecule has 2 atom stereocenters. The fraction of sp³-hybridized carbons (Fsp3) is 0.647. The zero-order chi connectivity index (χ0) is 15.1. The van der Waals surface area contributed by atoms with Crippen LogP contribution in [0.4, 0.5) is 10.1 Å². The smallest absolute Gasteiger partial charge is 0.146 e. The lowest BCUT2D eigenvalue weighted by molar-refractivity contribution is 0.545. The molecule has 2 nitrogen and oxygen atoms in total. The van der Waals surface area contributed by atoms with E-state index < -0.39 is 0 Å². The molecular formula is C17H29FN2. The summed E-state index contributed by atoms with van der Waals surface area (Å²) >= 11 is 0. The molecule has 0 saturated heterocycles. The van der Waals surface area contributed by atoms with Gasteiger partial charge in [-0.1, -0.05) is 26.0 Å². The third-order valence-corrected chi connectivity index (χ3v) is 3.94. The number of nitrogens with zero attached hydrogens (tertiary/aromatic N) is 1. The topological polar surface area (TPSA) is 15.3 Å². The zero-order valence-corrected chi connectivity index (χ0v) is 13.5. The third-order valence-electron chi connectivity index (χ3n) is 3.94. The Kier molecular flexibility index (Phi) is 7.00. The van der Waals surface area contributed by atoms with Gasteiger partial charge in [0.25, 0.3) is 0 Å². The Morgan fingerprint density at radius 2 is 1.90 bits per heavy atom. The molecule has 1 rings (SSSR count). The molecule has 0 bridgehead atoms. The number of hydrogen-bond acceptors (Lipinski definition) is 2. The van der Waals surface area contributed by atoms with Gasteiger partial charge in [0, 0.05) is 18.6 Å². The lowest BCUT2D eigenvalue weighted by atomic mass is 10.0. The van der Waals surface area contributed by atoms with Crippen LogP contribution in [0.25, 0.3) is 0 Å². The molecule has 0 aliphatic rings. The predicted octanol–water partition coefficient (Wildman–Crippen LogP) is 4.51. The monoisotopic (exact) mass is 280 g/mol. The molecule has 2 unspecified atom stereocenters. The Bertz CT molecular complexity index is 406. The molecule has 0 radical (unpaired) electrons. The van der Waals surface area contributed by atoms with Crippen molar-refractivity contribution < 1.29 is 4.39 Å². The van der Waals surface area contributed by atoms with Crippen molar-refractivity contribution in [2.45, 2.75) is 59.5 Å². The molecule has 0 saturated carbocycles. The molecule has 0 fully saturated rings. The number of nitrogens with one attached hydrogen (secondary N) is 1. The second kappa shape index (κ2) is 8.25. The van der Waals surface area contributed by atoms with Crippen LogP contribution in [0.1, 0.15) is 59.1 Å². The van der Waals surface area contributed by atoms with E-state index in [1.165, 1.54) is 0 Å². The average Bonchev–Trinajstić information content (AvgIpc) is 2.46. The molecule has 0 amide bonds. The van der Waals surface area contributed by atoms with Gasteiger partial charge in [0.2, 0.25) is 0 Å². The Labute approximate surface area is 123 Å². The molecule has 20 heavy (non-hydrogen) atoms. The van der Waals surface area contributed by atoms with E-state index >= 15 is 0 Å². The molecule has 1 N–H and O–H groups in total. The van der Waals surface area contributed by atoms with Crippen LogP contribution < -0.4 is 10.2 Å². The summed E-state index contributed by atoms with van der Waals surface area (Å²) in [5.74, 6) is -0.116. The van der Waals surface area contributed by atoms with Crippen LogP contribution in [-0.2, 0) is 0 Å². The quantitative estimate of drug-likeness (QED) is 0.753. The van der Waals surface area contributed by atoms with E-state index in [0.29, 0.717) is 6.04 Å². The molecule has 0 aliphatic carbocycles. The van der Waals surface area contributed by atoms with Crippen LogP contribution in [0.5, 0.6) is 0 Å². The van der Waals surface area contributed by atoms with Crippen LogP contribution in [0, 0.1) is 5.82 Å². The van der Waals surface area contributed by atoms with Crippen molar-refractivity contribution in [1.29, 1.82) is 0 Å². The van der Waals surface area contributed by atoms with Crippen molar-refractivity contribution in [3.63, 3.8) is 0 Å². The number of hydrogen-bond donors (Lipinski definition) is 1. The minimum Gasteiger partial charge on any atom is -0.366 e. The number of halogens is 1. The molecule has 1 aromatic rings. The molecule has 3 heteroatoms. The lowest BCUT2D eigenvalue weighted by Crippen LogP contribution is -2.35. The fourth-order valence-corrected chi connectivity index (χ4v) is 2.57. The van der Waals surface area contributed by atoms with Gasteiger partial charge in [-0.25, -0.2) is 4.39 Å². The highest BCUT2D eigenvalue weighted by atomic mass is 19.1. The van der Waals surface area contributed by atoms with Gasteiger partial charge < -0.3 is 10.2 Å². The van der Waals surface area contributed by atoms with E-state index in [-0.39, 0.29) is 11.9 Å². The summed E-state index contributed by atoms with van der Waals surface area (Å²) < 4.78 is 14.4. The molecule has 0 heterocycles. The van der Waals surface area contributed by atoms with Crippen molar-refractivity contribution in [1.82, 2.24) is 5.32 Å². The average molecular weight is 280 g/mol. The minimum absolute atomic E-state index is 0.116. The summed E-state index contributed by atoms with van der Waals surface area (Å²) in [6.07, 6.45) is 2.09. The van der Waals surface area contributed by atoms with Gasteiger partial charge in [0.05, 0.1) is 5.69 Å². The fourth-order valence-electron chi connectivity index (χ4n) is 2.57. The SMILES string of the molecule is CCCNC(C)c1cccc(F)c1N(CC)C(C)CC. The summed E-state index contributed by atoms with van der Waals surface area (Å²) in [4.78, 5) is 2.18. The Hall–Kier alpha value is -1.09. The Morgan fingerprint density at radius 1 is 1.20 bits per heavy atom. The molecule has 1 aromatic carbocycles. The highest BCUT2D eigenvalue weighted by Crippen LogP contribution is 2.31. The highest BCUT2D eigenvalue weighted by Gasteiger charge is 2.21. The van der Waals surface area contributed by atoms with E-state index in [1.54, 1.807) is 6.07 Å². The first-order valence-corrected chi connectivity index (χ1v) is 7.85. The summed E-state index contributed by atoms with van der Waals surface area (Å²) in [5, 5.41) is 3.46. The minimum atomic E-state index is -0.116. The number of benzene rings is 1. The number of rotatable bonds is 8. The summed E-state index contributed by atoms with van der Waals surface area (Å²) in [5.41, 5.74) is 1.82. The molecule has 0 aromatic heterocycles. The maximum atomic E-state index is 14.4. The van der Waals surface area contributed by atoms with Crippen molar-refractivity contribution in [2.75, 3.05) is 18.0 Å². The van der Waals surface area contributed by atoms with E-state index in [9.17, 15) is 4.39 Å². The summed E-state index contributed by atoms with van der Waals surface area (Å²) in [6.45, 7) is 12.4. The number of anilines is 1. The largest absolute Gasteiger partial charge is 0.366 e. The van der Waals surface area contributed by atoms with Crippen molar-refractivity contribution in [3.05, 3.63) is 29.6 Å². The number of para-hydroxylation sites is 1. The van der Waals surface area contributed by atoms with Gasteiger partial charge in [-0.15, -0.1) is 0 Å². The van der Waals surface area contributed by atoms with Crippen LogP contribution in [0.3, 0.4) is 0 Å². The third kappa shape index (κ3) is 3.95. The first kappa shape index (κ1) is 17.0. The van der Waals surface area contributed by atoms with Crippen LogP contribution in [-0.4, -0.2) is 19.1 Å². The van der Waals surface area contributed by atoms with Gasteiger partial charge in [0.1, 0.15) is 5.82 Å². The Balaban J connectivity index is 3.15. The second-order valence-corrected chi connectivity index (χ2v) is 5.40. The Morgan fingerprint density at radius 3 is 2.45 bits per heavy atom. The predicted molar refractivity (Wildman–Crippen MR) is 85.9 cm³/mol. The first-order valence-electron chi connectivity index (χ1n) is 7.85. The summed E-state index contributed by atoms with van der Waals surface area (Å²) in [6, 6.07) is 5.92. The van der Waals surface area contributed by atoms with Gasteiger partial charge >= 0.3 is 0 Å². The standard InChI is InChI=1S/C17H29FN2/c1-6-12-19-14(5)15-10-9-11-16(18)17(15)20(8-3)13(4)7-2/h9-11,13-14,19H,6-8,12H2,1-5H3. The van der Waals surface area contributed by atoms with Crippen molar-refractivity contribution in [2.24, 2.45) is 0 Å². The van der Waals surface area contributed by atoms with E-state index in [2.05, 4.69) is 44.8 Å². The second-order valence-electron chi connectivity index (χ2n) is 5.40. The van der Waals surface area contributed by atoms with Gasteiger partial charge in [-0.05, 0) is 51.8 Å². The zero-order valence-electron chi connectivity index (χ0n) is 13.5. The van der Waals surface area contributed by atoms with E-state index in [1.807, 2.05) is 12.1 Å². The van der Waals surface area contributed by atoms with E-state index in [0.717, 1.165) is 37.2 Å². The first-order chi connectivity index (χ1) is 9.56. The summed E-state index contributed by atoms with van der Waals surface area (Å²) in [7, 11) is 0. The van der Waals surface area contributed by atoms with Crippen molar-refractivity contribution >= 4 is 5.69 Å². The molecule has 0 spiro atoms. The van der Waals surface area contributed by atoms with Gasteiger partial charge in [-0.3, -0.25) is 0 Å². The van der Waals surface area contributed by atoms with Crippen LogP contribution in [0.15, 0.2) is 18.2 Å². The van der Waals surface area contributed by atoms with Crippen molar-refractivity contribution in [3.8, 4) is 0 Å².